The Bertz CT molecular complexity index is 879. The van der Waals surface area contributed by atoms with Crippen LogP contribution in [-0.4, -0.2) is 26.6 Å². The summed E-state index contributed by atoms with van der Waals surface area (Å²) in [6, 6.07) is 14.1. The Labute approximate surface area is 156 Å². The first-order chi connectivity index (χ1) is 12.1. The maximum atomic E-state index is 12.8. The maximum absolute atomic E-state index is 12.8. The summed E-state index contributed by atoms with van der Waals surface area (Å²) in [5.41, 5.74) is 3.23. The predicted molar refractivity (Wildman–Crippen MR) is 106 cm³/mol. The first kappa shape index (κ1) is 20.0. The molecule has 6 heteroatoms. The first-order valence-electron chi connectivity index (χ1n) is 8.53. The van der Waals surface area contributed by atoms with Gasteiger partial charge in [-0.2, -0.15) is 0 Å². The molecule has 0 heterocycles. The average molecular weight is 375 g/mol. The lowest BCUT2D eigenvalue weighted by atomic mass is 10.1. The van der Waals surface area contributed by atoms with Crippen LogP contribution in [0, 0.1) is 13.8 Å². The molecule has 0 fully saturated rings. The molecule has 0 bridgehead atoms. The zero-order chi connectivity index (χ0) is 19.5. The molecule has 0 aliphatic heterocycles. The van der Waals surface area contributed by atoms with Crippen LogP contribution in [0.4, 0.5) is 5.69 Å². The van der Waals surface area contributed by atoms with Gasteiger partial charge in [0.25, 0.3) is 0 Å². The number of carbonyl (C=O) groups excluding carboxylic acids is 1. The Hall–Kier alpha value is -2.34. The van der Waals surface area contributed by atoms with Gasteiger partial charge in [-0.1, -0.05) is 42.5 Å². The monoisotopic (exact) mass is 374 g/mol. The molecule has 1 amide bonds. The molecule has 2 aromatic carbocycles. The highest BCUT2D eigenvalue weighted by molar-refractivity contribution is 7.92. The summed E-state index contributed by atoms with van der Waals surface area (Å²) < 4.78 is 26.1. The van der Waals surface area contributed by atoms with Crippen molar-refractivity contribution in [3.8, 4) is 0 Å². The third kappa shape index (κ3) is 4.64. The largest absolute Gasteiger partial charge is 0.348 e. The molecule has 0 aliphatic carbocycles. The van der Waals surface area contributed by atoms with E-state index in [4.69, 9.17) is 0 Å². The van der Waals surface area contributed by atoms with E-state index in [0.717, 1.165) is 22.9 Å². The minimum atomic E-state index is -3.63. The van der Waals surface area contributed by atoms with Crippen molar-refractivity contribution < 1.29 is 13.2 Å². The highest BCUT2D eigenvalue weighted by Crippen LogP contribution is 2.26. The number of sulfonamides is 1. The zero-order valence-corrected chi connectivity index (χ0v) is 16.7. The maximum Gasteiger partial charge on any atom is 0.244 e. The van der Waals surface area contributed by atoms with E-state index < -0.39 is 16.1 Å². The van der Waals surface area contributed by atoms with Gasteiger partial charge in [0.1, 0.15) is 6.04 Å². The fourth-order valence-electron chi connectivity index (χ4n) is 2.90. The molecule has 2 atom stereocenters. The molecule has 5 nitrogen and oxygen atoms in total. The van der Waals surface area contributed by atoms with Crippen LogP contribution in [0.1, 0.15) is 36.6 Å². The second-order valence-electron chi connectivity index (χ2n) is 6.67. The van der Waals surface area contributed by atoms with Gasteiger partial charge in [0.05, 0.1) is 18.0 Å². The van der Waals surface area contributed by atoms with Gasteiger partial charge in [0, 0.05) is 0 Å². The number of anilines is 1. The summed E-state index contributed by atoms with van der Waals surface area (Å²) in [5, 5.41) is 2.91. The third-order valence-corrected chi connectivity index (χ3v) is 5.58. The second kappa shape index (κ2) is 7.91. The number of amides is 1. The van der Waals surface area contributed by atoms with Crippen molar-refractivity contribution in [1.82, 2.24) is 5.32 Å². The van der Waals surface area contributed by atoms with Crippen molar-refractivity contribution >= 4 is 21.6 Å². The summed E-state index contributed by atoms with van der Waals surface area (Å²) in [4.78, 5) is 12.8. The summed E-state index contributed by atoms with van der Waals surface area (Å²) in [7, 11) is -3.63. The van der Waals surface area contributed by atoms with Crippen molar-refractivity contribution in [3.63, 3.8) is 0 Å². The Balaban J connectivity index is 2.31. The first-order valence-corrected chi connectivity index (χ1v) is 10.4. The topological polar surface area (TPSA) is 66.5 Å². The molecule has 0 aromatic heterocycles. The predicted octanol–water partition coefficient (Wildman–Crippen LogP) is 3.34. The van der Waals surface area contributed by atoms with Gasteiger partial charge in [-0.05, 0) is 50.5 Å². The van der Waals surface area contributed by atoms with E-state index in [2.05, 4.69) is 5.32 Å². The van der Waals surface area contributed by atoms with Crippen LogP contribution in [0.2, 0.25) is 0 Å². The van der Waals surface area contributed by atoms with E-state index >= 15 is 0 Å². The van der Waals surface area contributed by atoms with Crippen molar-refractivity contribution in [2.45, 2.75) is 39.8 Å². The standard InChI is InChI=1S/C20H26N2O3S/c1-14-11-12-15(2)19(13-14)22(26(5,24)25)17(4)20(23)21-16(3)18-9-7-6-8-10-18/h6-13,16-17H,1-5H3,(H,21,23). The number of nitrogens with zero attached hydrogens (tertiary/aromatic N) is 1. The second-order valence-corrected chi connectivity index (χ2v) is 8.53. The molecule has 0 spiro atoms. The van der Waals surface area contributed by atoms with Gasteiger partial charge in [-0.15, -0.1) is 0 Å². The van der Waals surface area contributed by atoms with Gasteiger partial charge in [-0.3, -0.25) is 9.10 Å². The molecule has 0 aliphatic rings. The van der Waals surface area contributed by atoms with Crippen LogP contribution in [-0.2, 0) is 14.8 Å². The lowest BCUT2D eigenvalue weighted by Gasteiger charge is -2.30. The van der Waals surface area contributed by atoms with E-state index in [-0.39, 0.29) is 11.9 Å². The van der Waals surface area contributed by atoms with E-state index in [1.54, 1.807) is 13.0 Å². The van der Waals surface area contributed by atoms with Gasteiger partial charge >= 0.3 is 0 Å². The van der Waals surface area contributed by atoms with Gasteiger partial charge < -0.3 is 5.32 Å². The summed E-state index contributed by atoms with van der Waals surface area (Å²) in [5.74, 6) is -0.340. The van der Waals surface area contributed by atoms with Crippen LogP contribution >= 0.6 is 0 Å². The molecular weight excluding hydrogens is 348 g/mol. The lowest BCUT2D eigenvalue weighted by molar-refractivity contribution is -0.122. The van der Waals surface area contributed by atoms with Crippen LogP contribution < -0.4 is 9.62 Å². The fourth-order valence-corrected chi connectivity index (χ4v) is 4.12. The minimum absolute atomic E-state index is 0.217. The minimum Gasteiger partial charge on any atom is -0.348 e. The highest BCUT2D eigenvalue weighted by atomic mass is 32.2. The summed E-state index contributed by atoms with van der Waals surface area (Å²) >= 11 is 0. The van der Waals surface area contributed by atoms with Crippen LogP contribution in [0.5, 0.6) is 0 Å². The molecule has 1 N–H and O–H groups in total. The highest BCUT2D eigenvalue weighted by Gasteiger charge is 2.30. The quantitative estimate of drug-likeness (QED) is 0.843. The number of hydrogen-bond acceptors (Lipinski definition) is 3. The van der Waals surface area contributed by atoms with Crippen molar-refractivity contribution in [3.05, 3.63) is 65.2 Å². The molecule has 0 radical (unpaired) electrons. The summed E-state index contributed by atoms with van der Waals surface area (Å²) in [6.45, 7) is 7.22. The molecule has 0 saturated heterocycles. The Morgan fingerprint density at radius 3 is 2.23 bits per heavy atom. The van der Waals surface area contributed by atoms with E-state index in [1.807, 2.05) is 63.2 Å². The van der Waals surface area contributed by atoms with Gasteiger partial charge in [0.15, 0.2) is 0 Å². The van der Waals surface area contributed by atoms with Crippen molar-refractivity contribution in [2.24, 2.45) is 0 Å². The van der Waals surface area contributed by atoms with Crippen molar-refractivity contribution in [1.29, 1.82) is 0 Å². The number of rotatable bonds is 6. The Kier molecular flexibility index (Phi) is 6.08. The molecular formula is C20H26N2O3S. The van der Waals surface area contributed by atoms with E-state index in [9.17, 15) is 13.2 Å². The smallest absolute Gasteiger partial charge is 0.244 e. The van der Waals surface area contributed by atoms with Crippen LogP contribution in [0.3, 0.4) is 0 Å². The third-order valence-electron chi connectivity index (χ3n) is 4.35. The Morgan fingerprint density at radius 2 is 1.65 bits per heavy atom. The zero-order valence-electron chi connectivity index (χ0n) is 15.9. The normalized spacial score (nSPS) is 13.7. The molecule has 0 saturated carbocycles. The van der Waals surface area contributed by atoms with Gasteiger partial charge in [-0.25, -0.2) is 8.42 Å². The average Bonchev–Trinajstić information content (AvgIpc) is 2.57. The van der Waals surface area contributed by atoms with Crippen LogP contribution in [0.15, 0.2) is 48.5 Å². The van der Waals surface area contributed by atoms with Gasteiger partial charge in [0.2, 0.25) is 15.9 Å². The Morgan fingerprint density at radius 1 is 1.04 bits per heavy atom. The SMILES string of the molecule is Cc1ccc(C)c(N(C(C)C(=O)NC(C)c2ccccc2)S(C)(=O)=O)c1. The van der Waals surface area contributed by atoms with Crippen molar-refractivity contribution in [2.75, 3.05) is 10.6 Å². The number of nitrogens with one attached hydrogen (secondary N) is 1. The van der Waals surface area contributed by atoms with E-state index in [1.165, 1.54) is 4.31 Å². The number of aryl methyl sites for hydroxylation is 2. The molecule has 140 valence electrons. The van der Waals surface area contributed by atoms with E-state index in [0.29, 0.717) is 5.69 Å². The summed E-state index contributed by atoms with van der Waals surface area (Å²) in [6.07, 6.45) is 1.12. The van der Waals surface area contributed by atoms with Crippen LogP contribution in [0.25, 0.3) is 0 Å². The molecule has 2 rings (SSSR count). The number of hydrogen-bond donors (Lipinski definition) is 1. The fraction of sp³-hybridized carbons (Fsp3) is 0.350. The molecule has 26 heavy (non-hydrogen) atoms. The lowest BCUT2D eigenvalue weighted by Crippen LogP contribution is -2.48. The number of carbonyl (C=O) groups is 1. The molecule has 2 unspecified atom stereocenters. The number of benzene rings is 2. The molecule has 2 aromatic rings.